The molecule has 0 nitrogen and oxygen atoms in total. The van der Waals surface area contributed by atoms with Crippen molar-refractivity contribution in [1.29, 1.82) is 0 Å². The van der Waals surface area contributed by atoms with Crippen LogP contribution >= 0.6 is 49.7 Å². The first-order valence-corrected chi connectivity index (χ1v) is 9.85. The molecule has 0 saturated heterocycles. The molecule has 0 aromatic heterocycles. The fourth-order valence-corrected chi connectivity index (χ4v) is 0. The Labute approximate surface area is 50.2 Å². The molecule has 0 unspecified atom stereocenters. The largest absolute Gasteiger partial charge is 0.558 e. The summed E-state index contributed by atoms with van der Waals surface area (Å²) in [4.78, 5) is 0. The molecule has 0 aromatic carbocycles. The lowest BCUT2D eigenvalue weighted by Crippen LogP contribution is -1.14. The Morgan fingerprint density at radius 2 is 0.833 bits per heavy atom. The molecule has 6 heavy (non-hydrogen) atoms. The lowest BCUT2D eigenvalue weighted by molar-refractivity contribution is 4.92. The fraction of sp³-hybridized carbons (Fsp3) is 0. The van der Waals surface area contributed by atoms with Gasteiger partial charge < -0.3 is 49.7 Å². The van der Waals surface area contributed by atoms with Crippen LogP contribution in [0.2, 0.25) is 0 Å². The molecule has 0 radical (unpaired) electrons. The van der Waals surface area contributed by atoms with Crippen LogP contribution in [-0.2, 0) is 0 Å². The Hall–Kier alpha value is 2.58. The lowest BCUT2D eigenvalue weighted by atomic mass is 29.0. The highest BCUT2D eigenvalue weighted by molar-refractivity contribution is 8.92. The molecule has 38 valence electrons. The van der Waals surface area contributed by atoms with Crippen LogP contribution in [-0.4, -0.2) is 0 Å². The van der Waals surface area contributed by atoms with Crippen LogP contribution in [0.15, 0.2) is 0 Å². The summed E-state index contributed by atoms with van der Waals surface area (Å²) >= 11 is 0. The van der Waals surface area contributed by atoms with Crippen LogP contribution in [0.5, 0.6) is 0 Å². The lowest BCUT2D eigenvalue weighted by Gasteiger charge is -2.50. The van der Waals surface area contributed by atoms with Crippen molar-refractivity contribution in [2.24, 2.45) is 0 Å². The van der Waals surface area contributed by atoms with Gasteiger partial charge in [-0.05, 0) is 0 Å². The molecule has 0 aliphatic heterocycles. The molecule has 0 atom stereocenters. The van der Waals surface area contributed by atoms with E-state index in [0.717, 1.165) is 0 Å². The Morgan fingerprint density at radius 3 is 0.833 bits per heavy atom. The minimum Gasteiger partial charge on any atom is -0.558 e. The van der Waals surface area contributed by atoms with Crippen LogP contribution in [0.25, 0.3) is 0 Å². The van der Waals surface area contributed by atoms with Crippen LogP contribution in [0.4, 0.5) is 0 Å². The Bertz CT molecular complexity index is 21.0. The van der Waals surface area contributed by atoms with E-state index in [2.05, 4.69) is 35.7 Å². The van der Waals surface area contributed by atoms with Crippen LogP contribution in [0.1, 0.15) is 0 Å². The third-order valence-corrected chi connectivity index (χ3v) is 16.2. The van der Waals surface area contributed by atoms with Crippen LogP contribution in [0.3, 0.4) is 0 Å². The topological polar surface area (TPSA) is 0 Å². The summed E-state index contributed by atoms with van der Waals surface area (Å²) < 4.78 is 0. The predicted octanol–water partition coefficient (Wildman–Crippen LogP) is 4.10. The van der Waals surface area contributed by atoms with Gasteiger partial charge in [-0.3, -0.25) is 0 Å². The van der Waals surface area contributed by atoms with E-state index >= 15 is 0 Å². The highest BCUT2D eigenvalue weighted by Gasteiger charge is 1.50. The second-order valence-electron chi connectivity index (χ2n) is 0.624. The monoisotopic (exact) mass is 190 g/mol. The normalized spacial score (nSPS) is 11.0. The maximum Gasteiger partial charge on any atom is -0.475 e. The van der Waals surface area contributed by atoms with Crippen molar-refractivity contribution in [3.05, 3.63) is 0 Å². The molecule has 6 heteroatoms. The van der Waals surface area contributed by atoms with Gasteiger partial charge in [0.15, 0.2) is 0 Å². The molecule has 0 aliphatic rings. The molecular formula is H4P6-4. The highest BCUT2D eigenvalue weighted by Crippen LogP contribution is 2.86. The van der Waals surface area contributed by atoms with Gasteiger partial charge in [0.05, 0.1) is 0 Å². The van der Waals surface area contributed by atoms with E-state index in [0.29, 0.717) is 0 Å². The van der Waals surface area contributed by atoms with Gasteiger partial charge in [0.25, 0.3) is 0 Å². The maximum atomic E-state index is 3.39. The summed E-state index contributed by atoms with van der Waals surface area (Å²) in [5, 5.41) is 0. The van der Waals surface area contributed by atoms with Gasteiger partial charge in [-0.1, -0.05) is 0 Å². The number of hydrogen-bond acceptors (Lipinski definition) is 0. The van der Waals surface area contributed by atoms with Gasteiger partial charge in [0.2, 0.25) is 0 Å². The van der Waals surface area contributed by atoms with Gasteiger partial charge in [0.1, 0.15) is 0 Å². The summed E-state index contributed by atoms with van der Waals surface area (Å²) in [5.41, 5.74) is 0. The summed E-state index contributed by atoms with van der Waals surface area (Å²) in [5.74, 6) is 0. The van der Waals surface area contributed by atoms with E-state index in [1.807, 2.05) is 0 Å². The number of rotatable bonds is 1. The SMILES string of the molecule is [PH-]P([PH-])P([PH-])[PH-]. The van der Waals surface area contributed by atoms with Crippen molar-refractivity contribution >= 4 is 49.7 Å². The average Bonchev–Trinajstić information content (AvgIpc) is 1.36. The van der Waals surface area contributed by atoms with E-state index in [1.165, 1.54) is 0 Å². The molecule has 0 N–H and O–H groups in total. The van der Waals surface area contributed by atoms with Crippen LogP contribution in [0, 0.1) is 0 Å². The van der Waals surface area contributed by atoms with Crippen molar-refractivity contribution in [3.63, 3.8) is 0 Å². The van der Waals surface area contributed by atoms with Crippen molar-refractivity contribution in [2.45, 2.75) is 0 Å². The Kier molecular flexibility index (Phi) is 6.38. The van der Waals surface area contributed by atoms with Gasteiger partial charge in [-0.2, -0.15) is 0 Å². The van der Waals surface area contributed by atoms with Crippen molar-refractivity contribution < 1.29 is 0 Å². The van der Waals surface area contributed by atoms with E-state index in [4.69, 9.17) is 0 Å². The van der Waals surface area contributed by atoms with E-state index in [1.54, 1.807) is 0 Å². The Balaban J connectivity index is 2.99. The zero-order chi connectivity index (χ0) is 5.15. The molecule has 0 amide bonds. The molecule has 0 aromatic rings. The summed E-state index contributed by atoms with van der Waals surface area (Å²) in [6.45, 7) is -0.313. The molecule has 0 saturated carbocycles. The van der Waals surface area contributed by atoms with Gasteiger partial charge in [0, 0.05) is 0 Å². The third kappa shape index (κ3) is 4.73. The summed E-state index contributed by atoms with van der Waals surface area (Å²) in [6, 6.07) is 0. The predicted molar refractivity (Wildman–Crippen MR) is 47.1 cm³/mol. The molecule has 0 rings (SSSR count). The van der Waals surface area contributed by atoms with Crippen molar-refractivity contribution in [3.8, 4) is 0 Å². The standard InChI is InChI=1S/H4P6/c1-5(2)6(3)4/h1-4H/q-4. The van der Waals surface area contributed by atoms with Crippen LogP contribution < -0.4 is 0 Å². The van der Waals surface area contributed by atoms with E-state index < -0.39 is 0 Å². The van der Waals surface area contributed by atoms with Crippen molar-refractivity contribution in [1.82, 2.24) is 0 Å². The minimum absolute atomic E-state index is 0.156. The molecule has 0 aliphatic carbocycles. The fourth-order valence-electron chi connectivity index (χ4n) is 0. The zero-order valence-corrected chi connectivity index (χ0v) is 8.68. The first-order chi connectivity index (χ1) is 2.64. The average molecular weight is 190 g/mol. The molecule has 0 bridgehead atoms. The number of hydrogen-bond donors (Lipinski definition) is 0. The third-order valence-electron chi connectivity index (χ3n) is 0.200. The van der Waals surface area contributed by atoms with Crippen molar-refractivity contribution in [2.75, 3.05) is 0 Å². The first kappa shape index (κ1) is 8.58. The molecular weight excluding hydrogens is 186 g/mol. The van der Waals surface area contributed by atoms with E-state index in [-0.39, 0.29) is 14.0 Å². The second-order valence-corrected chi connectivity index (χ2v) is 16.8. The summed E-state index contributed by atoms with van der Waals surface area (Å²) in [6.07, 6.45) is 0. The molecule has 0 fully saturated rings. The van der Waals surface area contributed by atoms with Gasteiger partial charge >= 0.3 is 0 Å². The summed E-state index contributed by atoms with van der Waals surface area (Å²) in [7, 11) is 13.6. The minimum atomic E-state index is -0.156. The molecule has 0 heterocycles. The smallest absolute Gasteiger partial charge is 0.475 e. The first-order valence-electron chi connectivity index (χ1n) is 1.09. The zero-order valence-electron chi connectivity index (χ0n) is 2.89. The maximum absolute atomic E-state index is 3.39. The van der Waals surface area contributed by atoms with Gasteiger partial charge in [-0.15, -0.1) is 0 Å². The quantitative estimate of drug-likeness (QED) is 0.546. The highest BCUT2D eigenvalue weighted by atomic mass is 33.0. The second kappa shape index (κ2) is 4.46. The van der Waals surface area contributed by atoms with E-state index in [9.17, 15) is 0 Å². The Morgan fingerprint density at radius 1 is 0.667 bits per heavy atom. The molecule has 0 spiro atoms. The van der Waals surface area contributed by atoms with Gasteiger partial charge in [-0.25, -0.2) is 0 Å².